The van der Waals surface area contributed by atoms with E-state index in [0.717, 1.165) is 45.8 Å². The molecule has 0 bridgehead atoms. The number of rotatable bonds is 3. The predicted octanol–water partition coefficient (Wildman–Crippen LogP) is 8.74. The van der Waals surface area contributed by atoms with Gasteiger partial charge < -0.3 is 22.9 Å². The van der Waals surface area contributed by atoms with E-state index in [-0.39, 0.29) is 11.1 Å². The maximum atomic E-state index is 12.8. The van der Waals surface area contributed by atoms with Crippen LogP contribution in [0.1, 0.15) is 11.1 Å². The topological polar surface area (TPSA) is 104 Å². The van der Waals surface area contributed by atoms with Crippen molar-refractivity contribution in [2.45, 2.75) is 12.4 Å². The number of alkyl halides is 6. The zero-order valence-electron chi connectivity index (χ0n) is 22.0. The van der Waals surface area contributed by atoms with Crippen LogP contribution >= 0.6 is 0 Å². The SMILES string of the molecule is Nc1ccc(-c2ccc(N)c(C(F)(F)F)c2)cc1C(F)(F)F.Nc1ccc(-c2ccc(N)cc2-c2ccccc2)cc1. The van der Waals surface area contributed by atoms with Crippen molar-refractivity contribution in [2.24, 2.45) is 0 Å². The van der Waals surface area contributed by atoms with Crippen molar-refractivity contribution in [1.82, 2.24) is 0 Å². The summed E-state index contributed by atoms with van der Waals surface area (Å²) in [6.45, 7) is 0. The maximum Gasteiger partial charge on any atom is 0.418 e. The Morgan fingerprint density at radius 3 is 1.29 bits per heavy atom. The highest BCUT2D eigenvalue weighted by Gasteiger charge is 2.35. The molecule has 8 N–H and O–H groups in total. The van der Waals surface area contributed by atoms with Crippen molar-refractivity contribution in [2.75, 3.05) is 22.9 Å². The average Bonchev–Trinajstić information content (AvgIpc) is 2.94. The molecule has 0 unspecified atom stereocenters. The van der Waals surface area contributed by atoms with Gasteiger partial charge >= 0.3 is 12.4 Å². The first-order valence-electron chi connectivity index (χ1n) is 12.5. The highest BCUT2D eigenvalue weighted by molar-refractivity contribution is 5.85. The van der Waals surface area contributed by atoms with Crippen molar-refractivity contribution in [3.8, 4) is 33.4 Å². The van der Waals surface area contributed by atoms with Gasteiger partial charge in [-0.3, -0.25) is 0 Å². The van der Waals surface area contributed by atoms with Gasteiger partial charge in [0.1, 0.15) is 0 Å². The number of hydrogen-bond donors (Lipinski definition) is 4. The average molecular weight is 581 g/mol. The van der Waals surface area contributed by atoms with Crippen LogP contribution in [0.15, 0.2) is 109 Å². The first kappa shape index (κ1) is 29.9. The van der Waals surface area contributed by atoms with Crippen LogP contribution in [-0.4, -0.2) is 0 Å². The normalized spacial score (nSPS) is 11.5. The quantitative estimate of drug-likeness (QED) is 0.127. The molecule has 216 valence electrons. The second-order valence-electron chi connectivity index (χ2n) is 9.39. The third-order valence-electron chi connectivity index (χ3n) is 6.40. The van der Waals surface area contributed by atoms with Crippen LogP contribution in [0.4, 0.5) is 49.1 Å². The van der Waals surface area contributed by atoms with E-state index in [1.807, 2.05) is 54.6 Å². The Morgan fingerprint density at radius 1 is 0.381 bits per heavy atom. The van der Waals surface area contributed by atoms with Crippen molar-refractivity contribution < 1.29 is 26.3 Å². The van der Waals surface area contributed by atoms with E-state index in [4.69, 9.17) is 22.9 Å². The van der Waals surface area contributed by atoms with Crippen molar-refractivity contribution in [1.29, 1.82) is 0 Å². The molecule has 0 saturated carbocycles. The molecule has 0 aliphatic heterocycles. The lowest BCUT2D eigenvalue weighted by Crippen LogP contribution is -2.10. The molecule has 0 aliphatic rings. The molecule has 0 aromatic heterocycles. The Balaban J connectivity index is 0.000000193. The smallest absolute Gasteiger partial charge is 0.399 e. The largest absolute Gasteiger partial charge is 0.418 e. The van der Waals surface area contributed by atoms with Crippen molar-refractivity contribution in [3.63, 3.8) is 0 Å². The van der Waals surface area contributed by atoms with Gasteiger partial charge in [0, 0.05) is 22.7 Å². The van der Waals surface area contributed by atoms with E-state index >= 15 is 0 Å². The van der Waals surface area contributed by atoms with Gasteiger partial charge in [-0.1, -0.05) is 60.7 Å². The van der Waals surface area contributed by atoms with Crippen LogP contribution in [0.3, 0.4) is 0 Å². The fraction of sp³-hybridized carbons (Fsp3) is 0.0625. The van der Waals surface area contributed by atoms with E-state index < -0.39 is 34.9 Å². The van der Waals surface area contributed by atoms with Crippen molar-refractivity contribution >= 4 is 22.7 Å². The first-order chi connectivity index (χ1) is 19.7. The zero-order valence-corrected chi connectivity index (χ0v) is 22.0. The summed E-state index contributed by atoms with van der Waals surface area (Å²) in [6, 6.07) is 30.0. The highest BCUT2D eigenvalue weighted by atomic mass is 19.4. The summed E-state index contributed by atoms with van der Waals surface area (Å²) in [7, 11) is 0. The lowest BCUT2D eigenvalue weighted by Gasteiger charge is -2.14. The third kappa shape index (κ3) is 6.95. The molecule has 0 radical (unpaired) electrons. The summed E-state index contributed by atoms with van der Waals surface area (Å²) in [6.07, 6.45) is -9.39. The molecule has 0 atom stereocenters. The fourth-order valence-electron chi connectivity index (χ4n) is 4.30. The molecule has 0 aliphatic carbocycles. The van der Waals surface area contributed by atoms with Crippen LogP contribution < -0.4 is 22.9 Å². The molecule has 0 saturated heterocycles. The van der Waals surface area contributed by atoms with E-state index in [2.05, 4.69) is 18.2 Å². The molecule has 42 heavy (non-hydrogen) atoms. The van der Waals surface area contributed by atoms with Crippen LogP contribution in [0, 0.1) is 0 Å². The number of benzene rings is 5. The minimum atomic E-state index is -4.69. The van der Waals surface area contributed by atoms with Crippen LogP contribution in [0.5, 0.6) is 0 Å². The number of nitrogens with two attached hydrogens (primary N) is 4. The maximum absolute atomic E-state index is 12.8. The molecule has 0 heterocycles. The summed E-state index contributed by atoms with van der Waals surface area (Å²) < 4.78 is 76.8. The number of hydrogen-bond acceptors (Lipinski definition) is 4. The third-order valence-corrected chi connectivity index (χ3v) is 6.40. The lowest BCUT2D eigenvalue weighted by molar-refractivity contribution is -0.137. The summed E-state index contributed by atoms with van der Waals surface area (Å²) in [5.74, 6) is 0. The molecule has 0 fully saturated rings. The zero-order chi connectivity index (χ0) is 30.7. The predicted molar refractivity (Wildman–Crippen MR) is 157 cm³/mol. The standard InChI is InChI=1S/C18H16N2.C14H10F6N2/c19-15-8-6-14(7-9-15)17-11-10-16(20)12-18(17)13-4-2-1-3-5-13;15-13(16,17)9-5-7(1-3-11(9)21)8-2-4-12(22)10(6-8)14(18,19)20/h1-12H,19-20H2;1-6H,21-22H2. The molecular weight excluding hydrogens is 554 g/mol. The summed E-state index contributed by atoms with van der Waals surface area (Å²) in [4.78, 5) is 0. The van der Waals surface area contributed by atoms with Crippen molar-refractivity contribution in [3.05, 3.63) is 120 Å². The molecule has 0 spiro atoms. The Morgan fingerprint density at radius 2 is 0.810 bits per heavy atom. The molecule has 10 heteroatoms. The van der Waals surface area contributed by atoms with E-state index in [0.29, 0.717) is 12.1 Å². The van der Waals surface area contributed by atoms with Gasteiger partial charge in [-0.15, -0.1) is 0 Å². The Kier molecular flexibility index (Phi) is 8.37. The number of nitrogen functional groups attached to an aromatic ring is 4. The van der Waals surface area contributed by atoms with E-state index in [9.17, 15) is 26.3 Å². The summed E-state index contributed by atoms with van der Waals surface area (Å²) >= 11 is 0. The molecule has 5 aromatic carbocycles. The monoisotopic (exact) mass is 580 g/mol. The van der Waals surface area contributed by atoms with E-state index in [1.54, 1.807) is 0 Å². The minimum absolute atomic E-state index is 0.0352. The summed E-state index contributed by atoms with van der Waals surface area (Å²) in [5, 5.41) is 0. The van der Waals surface area contributed by atoms with E-state index in [1.165, 1.54) is 12.1 Å². The van der Waals surface area contributed by atoms with Gasteiger partial charge in [-0.2, -0.15) is 26.3 Å². The molecule has 4 nitrogen and oxygen atoms in total. The van der Waals surface area contributed by atoms with Gasteiger partial charge in [0.05, 0.1) is 11.1 Å². The van der Waals surface area contributed by atoms with Crippen LogP contribution in [0.25, 0.3) is 33.4 Å². The highest BCUT2D eigenvalue weighted by Crippen LogP contribution is 2.39. The second kappa shape index (κ2) is 11.8. The second-order valence-corrected chi connectivity index (χ2v) is 9.39. The van der Waals surface area contributed by atoms with Gasteiger partial charge in [0.2, 0.25) is 0 Å². The lowest BCUT2D eigenvalue weighted by atomic mass is 9.94. The molecule has 5 rings (SSSR count). The summed E-state index contributed by atoms with van der Waals surface area (Å²) in [5.41, 5.74) is 25.1. The molecule has 5 aromatic rings. The van der Waals surface area contributed by atoms with Gasteiger partial charge in [0.15, 0.2) is 0 Å². The minimum Gasteiger partial charge on any atom is -0.399 e. The number of halogens is 6. The van der Waals surface area contributed by atoms with Crippen LogP contribution in [0.2, 0.25) is 0 Å². The Bertz CT molecular complexity index is 1620. The molecular formula is C32H26F6N4. The first-order valence-corrected chi connectivity index (χ1v) is 12.5. The fourth-order valence-corrected chi connectivity index (χ4v) is 4.30. The number of anilines is 4. The van der Waals surface area contributed by atoms with Crippen LogP contribution in [-0.2, 0) is 12.4 Å². The Labute approximate surface area is 238 Å². The Hall–Kier alpha value is -5.12. The van der Waals surface area contributed by atoms with Gasteiger partial charge in [0.25, 0.3) is 0 Å². The molecule has 0 amide bonds. The van der Waals surface area contributed by atoms with Gasteiger partial charge in [-0.25, -0.2) is 0 Å². The van der Waals surface area contributed by atoms with Gasteiger partial charge in [-0.05, 0) is 81.9 Å².